The van der Waals surface area contributed by atoms with Gasteiger partial charge >= 0.3 is 0 Å². The predicted octanol–water partition coefficient (Wildman–Crippen LogP) is 7.22. The van der Waals surface area contributed by atoms with Gasteiger partial charge in [0.25, 0.3) is 5.69 Å². The number of carbonyl (C=O) groups is 2. The molecule has 2 amide bonds. The summed E-state index contributed by atoms with van der Waals surface area (Å²) in [5.41, 5.74) is 2.63. The Morgan fingerprint density at radius 2 is 1.61 bits per heavy atom. The van der Waals surface area contributed by atoms with E-state index in [1.807, 2.05) is 36.4 Å². The number of carbonyl (C=O) groups excluding carboxylic acids is 2. The van der Waals surface area contributed by atoms with Gasteiger partial charge in [-0.3, -0.25) is 19.7 Å². The molecule has 0 saturated heterocycles. The molecule has 10 heteroatoms. The number of thioether (sulfide) groups is 1. The van der Waals surface area contributed by atoms with Crippen molar-refractivity contribution in [3.63, 3.8) is 0 Å². The number of nitrogens with one attached hydrogen (secondary N) is 1. The van der Waals surface area contributed by atoms with Crippen LogP contribution in [-0.4, -0.2) is 39.5 Å². The second kappa shape index (κ2) is 15.2. The Morgan fingerprint density at radius 3 is 2.27 bits per heavy atom. The molecule has 0 aliphatic heterocycles. The molecule has 3 aromatic rings. The lowest BCUT2D eigenvalue weighted by molar-refractivity contribution is -0.384. The molecule has 41 heavy (non-hydrogen) atoms. The van der Waals surface area contributed by atoms with E-state index in [1.54, 1.807) is 29.2 Å². The van der Waals surface area contributed by atoms with E-state index in [4.69, 9.17) is 23.2 Å². The third-order valence-corrected chi connectivity index (χ3v) is 8.93. The van der Waals surface area contributed by atoms with Crippen LogP contribution >= 0.6 is 35.0 Å². The molecule has 1 atom stereocenters. The van der Waals surface area contributed by atoms with E-state index < -0.39 is 11.0 Å². The molecule has 3 aromatic carbocycles. The second-order valence-corrected chi connectivity index (χ2v) is 12.0. The van der Waals surface area contributed by atoms with Gasteiger partial charge in [0.1, 0.15) is 6.04 Å². The highest BCUT2D eigenvalue weighted by molar-refractivity contribution is 7.99. The van der Waals surface area contributed by atoms with Crippen molar-refractivity contribution in [1.29, 1.82) is 0 Å². The molecule has 7 nitrogen and oxygen atoms in total. The first-order valence-corrected chi connectivity index (χ1v) is 15.6. The predicted molar refractivity (Wildman–Crippen MR) is 165 cm³/mol. The Kier molecular flexibility index (Phi) is 11.5. The summed E-state index contributed by atoms with van der Waals surface area (Å²) in [6, 6.07) is 20.6. The van der Waals surface area contributed by atoms with Gasteiger partial charge in [-0.25, -0.2) is 0 Å². The van der Waals surface area contributed by atoms with E-state index in [2.05, 4.69) is 5.32 Å². The van der Waals surface area contributed by atoms with Crippen molar-refractivity contribution in [3.05, 3.63) is 110 Å². The maximum Gasteiger partial charge on any atom is 0.269 e. The molecular weight excluding hydrogens is 581 g/mol. The van der Waals surface area contributed by atoms with Crippen LogP contribution in [0.3, 0.4) is 0 Å². The highest BCUT2D eigenvalue weighted by Gasteiger charge is 2.32. The largest absolute Gasteiger partial charge is 0.352 e. The first-order chi connectivity index (χ1) is 19.8. The van der Waals surface area contributed by atoms with Crippen molar-refractivity contribution >= 4 is 52.5 Å². The lowest BCUT2D eigenvalue weighted by atomic mass is 9.94. The Labute approximate surface area is 254 Å². The Morgan fingerprint density at radius 1 is 0.927 bits per heavy atom. The van der Waals surface area contributed by atoms with Gasteiger partial charge in [0.05, 0.1) is 20.7 Å². The molecule has 0 radical (unpaired) electrons. The van der Waals surface area contributed by atoms with E-state index in [-0.39, 0.29) is 35.8 Å². The van der Waals surface area contributed by atoms with Gasteiger partial charge in [-0.15, -0.1) is 11.8 Å². The van der Waals surface area contributed by atoms with Crippen LogP contribution in [0.1, 0.15) is 48.8 Å². The van der Waals surface area contributed by atoms with Crippen LogP contribution in [0.25, 0.3) is 0 Å². The maximum absolute atomic E-state index is 13.8. The van der Waals surface area contributed by atoms with E-state index in [0.29, 0.717) is 22.2 Å². The lowest BCUT2D eigenvalue weighted by Crippen LogP contribution is -2.53. The molecule has 1 aliphatic rings. The fraction of sp³-hybridized carbons (Fsp3) is 0.355. The number of benzene rings is 3. The maximum atomic E-state index is 13.8. The number of nitro benzene ring substituents is 1. The molecule has 0 spiro atoms. The van der Waals surface area contributed by atoms with Crippen LogP contribution < -0.4 is 5.32 Å². The summed E-state index contributed by atoms with van der Waals surface area (Å²) in [7, 11) is 0. The molecule has 1 aliphatic carbocycles. The zero-order valence-corrected chi connectivity index (χ0v) is 25.0. The minimum absolute atomic E-state index is 0.0235. The van der Waals surface area contributed by atoms with Gasteiger partial charge in [0, 0.05) is 36.9 Å². The van der Waals surface area contributed by atoms with Crippen LogP contribution in [0.5, 0.6) is 0 Å². The number of halogens is 2. The van der Waals surface area contributed by atoms with Crippen molar-refractivity contribution in [2.75, 3.05) is 5.75 Å². The molecule has 1 saturated carbocycles. The summed E-state index contributed by atoms with van der Waals surface area (Å²) in [5, 5.41) is 15.0. The molecule has 1 fully saturated rings. The van der Waals surface area contributed by atoms with Crippen LogP contribution in [0.2, 0.25) is 10.0 Å². The fourth-order valence-corrected chi connectivity index (χ4v) is 6.18. The number of hydrogen-bond acceptors (Lipinski definition) is 5. The highest BCUT2D eigenvalue weighted by Crippen LogP contribution is 2.26. The Hall–Kier alpha value is -3.07. The second-order valence-electron chi connectivity index (χ2n) is 10.2. The summed E-state index contributed by atoms with van der Waals surface area (Å²) >= 11 is 13.8. The minimum atomic E-state index is -0.721. The standard InChI is InChI=1S/C31H33Cl2N3O4S/c32-27-16-13-24(17-28(27)33)19-35(30(37)21-41-20-23-11-14-26(15-12-23)36(39)40)29(18-22-7-3-1-4-8-22)31(38)34-25-9-5-2-6-10-25/h1,3-4,7-8,11-17,25,29H,2,5-6,9-10,18-21H2,(H,34,38)/t29-/m0/s1. The first kappa shape index (κ1) is 30.9. The minimum Gasteiger partial charge on any atom is -0.352 e. The third-order valence-electron chi connectivity index (χ3n) is 7.20. The average Bonchev–Trinajstić information content (AvgIpc) is 2.98. The number of nitro groups is 1. The van der Waals surface area contributed by atoms with Gasteiger partial charge in [0.2, 0.25) is 11.8 Å². The Balaban J connectivity index is 1.56. The lowest BCUT2D eigenvalue weighted by Gasteiger charge is -2.33. The number of rotatable bonds is 12. The first-order valence-electron chi connectivity index (χ1n) is 13.7. The highest BCUT2D eigenvalue weighted by atomic mass is 35.5. The average molecular weight is 615 g/mol. The van der Waals surface area contributed by atoms with E-state index in [1.165, 1.54) is 30.3 Å². The quantitative estimate of drug-likeness (QED) is 0.172. The molecule has 0 unspecified atom stereocenters. The number of nitrogens with zero attached hydrogens (tertiary/aromatic N) is 2. The van der Waals surface area contributed by atoms with Crippen molar-refractivity contribution in [3.8, 4) is 0 Å². The van der Waals surface area contributed by atoms with Crippen molar-refractivity contribution in [1.82, 2.24) is 10.2 Å². The normalized spacial score (nSPS) is 14.3. The molecule has 4 rings (SSSR count). The van der Waals surface area contributed by atoms with Crippen LogP contribution in [0, 0.1) is 10.1 Å². The zero-order chi connectivity index (χ0) is 29.2. The van der Waals surface area contributed by atoms with Gasteiger partial charge in [0.15, 0.2) is 0 Å². The van der Waals surface area contributed by atoms with E-state index >= 15 is 0 Å². The molecule has 0 aromatic heterocycles. The summed E-state index contributed by atoms with van der Waals surface area (Å²) in [6.45, 7) is 0.198. The molecular formula is C31H33Cl2N3O4S. The van der Waals surface area contributed by atoms with Crippen LogP contribution in [0.15, 0.2) is 72.8 Å². The SMILES string of the molecule is O=C(NC1CCCCC1)[C@H](Cc1ccccc1)N(Cc1ccc(Cl)c(Cl)c1)C(=O)CSCc1ccc([N+](=O)[O-])cc1. The van der Waals surface area contributed by atoms with Crippen molar-refractivity contribution < 1.29 is 14.5 Å². The van der Waals surface area contributed by atoms with Gasteiger partial charge < -0.3 is 10.2 Å². The summed E-state index contributed by atoms with van der Waals surface area (Å²) in [4.78, 5) is 39.8. The third kappa shape index (κ3) is 9.21. The summed E-state index contributed by atoms with van der Waals surface area (Å²) in [6.07, 6.45) is 5.59. The summed E-state index contributed by atoms with van der Waals surface area (Å²) in [5.74, 6) is 0.305. The van der Waals surface area contributed by atoms with Crippen LogP contribution in [-0.2, 0) is 28.3 Å². The smallest absolute Gasteiger partial charge is 0.269 e. The van der Waals surface area contributed by atoms with Gasteiger partial charge in [-0.1, -0.05) is 91.0 Å². The summed E-state index contributed by atoms with van der Waals surface area (Å²) < 4.78 is 0. The zero-order valence-electron chi connectivity index (χ0n) is 22.6. The fourth-order valence-electron chi connectivity index (χ4n) is 4.99. The van der Waals surface area contributed by atoms with E-state index in [0.717, 1.165) is 42.4 Å². The molecule has 0 bridgehead atoms. The molecule has 216 valence electrons. The van der Waals surface area contributed by atoms with Crippen LogP contribution in [0.4, 0.5) is 5.69 Å². The van der Waals surface area contributed by atoms with Gasteiger partial charge in [-0.2, -0.15) is 0 Å². The van der Waals surface area contributed by atoms with Crippen molar-refractivity contribution in [2.45, 2.75) is 62.9 Å². The molecule has 1 N–H and O–H groups in total. The van der Waals surface area contributed by atoms with Crippen molar-refractivity contribution in [2.24, 2.45) is 0 Å². The number of non-ortho nitro benzene ring substituents is 1. The topological polar surface area (TPSA) is 92.6 Å². The number of hydrogen-bond donors (Lipinski definition) is 1. The monoisotopic (exact) mass is 613 g/mol. The molecule has 0 heterocycles. The Bertz CT molecular complexity index is 1330. The number of amides is 2. The van der Waals surface area contributed by atoms with E-state index in [9.17, 15) is 19.7 Å². The van der Waals surface area contributed by atoms with Gasteiger partial charge in [-0.05, 0) is 41.7 Å².